The van der Waals surface area contributed by atoms with Crippen LogP contribution in [-0.2, 0) is 0 Å². The summed E-state index contributed by atoms with van der Waals surface area (Å²) in [5, 5.41) is 10.4. The quantitative estimate of drug-likeness (QED) is 0.781. The maximum Gasteiger partial charge on any atom is 0.0823 e. The van der Waals surface area contributed by atoms with Crippen LogP contribution in [0.25, 0.3) is 0 Å². The van der Waals surface area contributed by atoms with Gasteiger partial charge in [-0.2, -0.15) is 0 Å². The number of hydrogen-bond donors (Lipinski definition) is 1. The highest BCUT2D eigenvalue weighted by Gasteiger charge is 2.39. The fraction of sp³-hybridized carbons (Fsp3) is 0.571. The van der Waals surface area contributed by atoms with Gasteiger partial charge in [0.15, 0.2) is 0 Å². The van der Waals surface area contributed by atoms with E-state index in [0.29, 0.717) is 5.92 Å². The average Bonchev–Trinajstić information content (AvgIpc) is 2.58. The molecule has 1 nitrogen and oxygen atoms in total. The van der Waals surface area contributed by atoms with Gasteiger partial charge < -0.3 is 5.11 Å². The zero-order valence-electron chi connectivity index (χ0n) is 9.61. The van der Waals surface area contributed by atoms with Gasteiger partial charge in [0, 0.05) is 0 Å². The lowest BCUT2D eigenvalue weighted by Gasteiger charge is -2.31. The Morgan fingerprint density at radius 3 is 2.47 bits per heavy atom. The lowest BCUT2D eigenvalue weighted by atomic mass is 9.77. The normalized spacial score (nSPS) is 26.5. The van der Waals surface area contributed by atoms with Crippen LogP contribution in [0.15, 0.2) is 30.3 Å². The molecule has 0 aliphatic heterocycles. The van der Waals surface area contributed by atoms with Gasteiger partial charge in [-0.3, -0.25) is 0 Å². The molecule has 15 heavy (non-hydrogen) atoms. The number of aliphatic hydroxyl groups is 1. The summed E-state index contributed by atoms with van der Waals surface area (Å²) < 4.78 is 0. The first-order valence-corrected chi connectivity index (χ1v) is 5.84. The van der Waals surface area contributed by atoms with Crippen molar-refractivity contribution in [1.82, 2.24) is 0 Å². The molecule has 0 aromatic heterocycles. The van der Waals surface area contributed by atoms with E-state index in [1.54, 1.807) is 0 Å². The molecule has 0 bridgehead atoms. The predicted octanol–water partition coefficient (Wildman–Crippen LogP) is 3.55. The van der Waals surface area contributed by atoms with Crippen molar-refractivity contribution in [2.45, 2.75) is 39.2 Å². The van der Waals surface area contributed by atoms with Crippen molar-refractivity contribution >= 4 is 0 Å². The fourth-order valence-corrected chi connectivity index (χ4v) is 2.82. The van der Waals surface area contributed by atoms with Crippen LogP contribution >= 0.6 is 0 Å². The van der Waals surface area contributed by atoms with E-state index in [2.05, 4.69) is 13.8 Å². The molecule has 0 heterocycles. The topological polar surface area (TPSA) is 20.2 Å². The first-order valence-electron chi connectivity index (χ1n) is 5.84. The Kier molecular flexibility index (Phi) is 2.83. The molecule has 2 atom stereocenters. The van der Waals surface area contributed by atoms with Crippen LogP contribution in [0.4, 0.5) is 0 Å². The summed E-state index contributed by atoms with van der Waals surface area (Å²) in [5.41, 5.74) is 1.35. The summed E-state index contributed by atoms with van der Waals surface area (Å²) in [4.78, 5) is 0. The second-order valence-corrected chi connectivity index (χ2v) is 5.34. The minimum atomic E-state index is -0.288. The molecule has 2 unspecified atom stereocenters. The molecule has 1 aliphatic rings. The third kappa shape index (κ3) is 2.07. The lowest BCUT2D eigenvalue weighted by Crippen LogP contribution is -2.24. The number of rotatable bonds is 2. The van der Waals surface area contributed by atoms with Crippen molar-refractivity contribution in [3.63, 3.8) is 0 Å². The Morgan fingerprint density at radius 1 is 1.27 bits per heavy atom. The van der Waals surface area contributed by atoms with Gasteiger partial charge >= 0.3 is 0 Å². The van der Waals surface area contributed by atoms with E-state index in [1.807, 2.05) is 30.3 Å². The van der Waals surface area contributed by atoms with Gasteiger partial charge in [0.2, 0.25) is 0 Å². The zero-order chi connectivity index (χ0) is 10.9. The summed E-state index contributed by atoms with van der Waals surface area (Å²) in [6.45, 7) is 4.55. The molecule has 1 saturated carbocycles. The molecule has 0 amide bonds. The molecular weight excluding hydrogens is 184 g/mol. The second-order valence-electron chi connectivity index (χ2n) is 5.34. The highest BCUT2D eigenvalue weighted by atomic mass is 16.3. The summed E-state index contributed by atoms with van der Waals surface area (Å²) in [5.74, 6) is 0.417. The van der Waals surface area contributed by atoms with Crippen molar-refractivity contribution in [1.29, 1.82) is 0 Å². The molecule has 1 N–H and O–H groups in total. The molecule has 82 valence electrons. The molecular formula is C14H20O. The van der Waals surface area contributed by atoms with Crippen molar-refractivity contribution < 1.29 is 5.11 Å². The van der Waals surface area contributed by atoms with Gasteiger partial charge in [-0.05, 0) is 29.7 Å². The number of hydrogen-bond acceptors (Lipinski definition) is 1. The van der Waals surface area contributed by atoms with E-state index in [4.69, 9.17) is 0 Å². The first kappa shape index (κ1) is 10.7. The van der Waals surface area contributed by atoms with E-state index in [0.717, 1.165) is 12.0 Å². The summed E-state index contributed by atoms with van der Waals surface area (Å²) in [7, 11) is 0. The highest BCUT2D eigenvalue weighted by molar-refractivity contribution is 5.19. The first-order chi connectivity index (χ1) is 7.11. The number of benzene rings is 1. The highest BCUT2D eigenvalue weighted by Crippen LogP contribution is 2.48. The third-order valence-electron chi connectivity index (χ3n) is 3.86. The van der Waals surface area contributed by atoms with Crippen LogP contribution in [-0.4, -0.2) is 5.11 Å². The van der Waals surface area contributed by atoms with Gasteiger partial charge in [-0.15, -0.1) is 0 Å². The molecule has 2 rings (SSSR count). The van der Waals surface area contributed by atoms with E-state index in [-0.39, 0.29) is 11.5 Å². The summed E-state index contributed by atoms with van der Waals surface area (Å²) in [6, 6.07) is 10.1. The predicted molar refractivity (Wildman–Crippen MR) is 62.5 cm³/mol. The average molecular weight is 204 g/mol. The molecule has 0 radical (unpaired) electrons. The van der Waals surface area contributed by atoms with Crippen molar-refractivity contribution in [3.05, 3.63) is 35.9 Å². The molecule has 0 saturated heterocycles. The fourth-order valence-electron chi connectivity index (χ4n) is 2.82. The van der Waals surface area contributed by atoms with E-state index < -0.39 is 0 Å². The monoisotopic (exact) mass is 204 g/mol. The third-order valence-corrected chi connectivity index (χ3v) is 3.86. The Labute approximate surface area is 92.1 Å². The summed E-state index contributed by atoms with van der Waals surface area (Å²) in [6.07, 6.45) is 3.36. The van der Waals surface area contributed by atoms with Gasteiger partial charge in [-0.25, -0.2) is 0 Å². The smallest absolute Gasteiger partial charge is 0.0823 e. The molecule has 1 aromatic rings. The Bertz CT molecular complexity index is 315. The Hall–Kier alpha value is -0.820. The van der Waals surface area contributed by atoms with Crippen LogP contribution < -0.4 is 0 Å². The Morgan fingerprint density at radius 2 is 1.93 bits per heavy atom. The number of aliphatic hydroxyl groups excluding tert-OH is 1. The largest absolute Gasteiger partial charge is 0.388 e. The van der Waals surface area contributed by atoms with Crippen molar-refractivity contribution in [2.24, 2.45) is 11.3 Å². The van der Waals surface area contributed by atoms with Gasteiger partial charge in [0.1, 0.15) is 0 Å². The van der Waals surface area contributed by atoms with E-state index in [9.17, 15) is 5.11 Å². The van der Waals surface area contributed by atoms with Gasteiger partial charge in [-0.1, -0.05) is 50.6 Å². The minimum Gasteiger partial charge on any atom is -0.388 e. The van der Waals surface area contributed by atoms with Crippen LogP contribution in [0.1, 0.15) is 44.8 Å². The van der Waals surface area contributed by atoms with Crippen LogP contribution in [0.5, 0.6) is 0 Å². The molecule has 0 spiro atoms. The Balaban J connectivity index is 2.18. The molecule has 1 aliphatic carbocycles. The zero-order valence-corrected chi connectivity index (χ0v) is 9.61. The minimum absolute atomic E-state index is 0.287. The SMILES string of the molecule is CC1(C)CCCC1C(O)c1ccccc1. The van der Waals surface area contributed by atoms with Gasteiger partial charge in [0.05, 0.1) is 6.10 Å². The maximum absolute atomic E-state index is 10.4. The van der Waals surface area contributed by atoms with E-state index in [1.165, 1.54) is 12.8 Å². The molecule has 1 aromatic carbocycles. The van der Waals surface area contributed by atoms with Crippen LogP contribution in [0.3, 0.4) is 0 Å². The van der Waals surface area contributed by atoms with Crippen molar-refractivity contribution in [3.8, 4) is 0 Å². The van der Waals surface area contributed by atoms with E-state index >= 15 is 0 Å². The maximum atomic E-state index is 10.4. The molecule has 1 fully saturated rings. The van der Waals surface area contributed by atoms with Crippen LogP contribution in [0, 0.1) is 11.3 Å². The van der Waals surface area contributed by atoms with Crippen molar-refractivity contribution in [2.75, 3.05) is 0 Å². The van der Waals surface area contributed by atoms with Gasteiger partial charge in [0.25, 0.3) is 0 Å². The summed E-state index contributed by atoms with van der Waals surface area (Å²) >= 11 is 0. The second kappa shape index (κ2) is 3.97. The lowest BCUT2D eigenvalue weighted by molar-refractivity contribution is 0.0531. The molecule has 1 heteroatoms. The van der Waals surface area contributed by atoms with Crippen LogP contribution in [0.2, 0.25) is 0 Å². The standard InChI is InChI=1S/C14H20O/c1-14(2)10-6-9-12(14)13(15)11-7-4-3-5-8-11/h3-5,7-8,12-13,15H,6,9-10H2,1-2H3.